The number of benzene rings is 2. The third-order valence-corrected chi connectivity index (χ3v) is 5.07. The van der Waals surface area contributed by atoms with Gasteiger partial charge in [-0.3, -0.25) is 4.79 Å². The SMILES string of the molecule is NS(=O)(=O)Cc1cccc(C(=O)N2Cc3ccccc3CC2C(=O)O)c1. The molecule has 8 heteroatoms. The van der Waals surface area contributed by atoms with Gasteiger partial charge >= 0.3 is 5.97 Å². The lowest BCUT2D eigenvalue weighted by atomic mass is 9.93. The molecule has 1 atom stereocenters. The predicted octanol–water partition coefficient (Wildman–Crippen LogP) is 1.13. The van der Waals surface area contributed by atoms with E-state index in [4.69, 9.17) is 5.14 Å². The Morgan fingerprint density at radius 2 is 1.81 bits per heavy atom. The molecule has 3 rings (SSSR count). The van der Waals surface area contributed by atoms with Gasteiger partial charge in [0, 0.05) is 18.5 Å². The van der Waals surface area contributed by atoms with E-state index < -0.39 is 27.9 Å². The average molecular weight is 374 g/mol. The molecule has 0 aromatic heterocycles. The Bertz CT molecular complexity index is 971. The zero-order chi connectivity index (χ0) is 18.9. The van der Waals surface area contributed by atoms with Crippen molar-refractivity contribution in [2.45, 2.75) is 24.8 Å². The number of primary sulfonamides is 1. The fourth-order valence-corrected chi connectivity index (χ4v) is 3.79. The van der Waals surface area contributed by atoms with Crippen molar-refractivity contribution in [3.05, 3.63) is 70.8 Å². The molecule has 1 amide bonds. The number of fused-ring (bicyclic) bond motifs is 1. The molecule has 2 aromatic rings. The van der Waals surface area contributed by atoms with Crippen molar-refractivity contribution in [2.75, 3.05) is 0 Å². The molecular formula is C18H18N2O5S. The maximum atomic E-state index is 12.9. The minimum atomic E-state index is -3.73. The van der Waals surface area contributed by atoms with Crippen molar-refractivity contribution in [1.29, 1.82) is 0 Å². The van der Waals surface area contributed by atoms with Crippen LogP contribution in [0.4, 0.5) is 0 Å². The van der Waals surface area contributed by atoms with Crippen LogP contribution in [0.25, 0.3) is 0 Å². The fraction of sp³-hybridized carbons (Fsp3) is 0.222. The van der Waals surface area contributed by atoms with Gasteiger partial charge in [-0.2, -0.15) is 0 Å². The second-order valence-electron chi connectivity index (χ2n) is 6.27. The average Bonchev–Trinajstić information content (AvgIpc) is 2.58. The van der Waals surface area contributed by atoms with Crippen molar-refractivity contribution in [1.82, 2.24) is 4.90 Å². The zero-order valence-corrected chi connectivity index (χ0v) is 14.6. The first-order valence-corrected chi connectivity index (χ1v) is 9.66. The second kappa shape index (κ2) is 6.89. The second-order valence-corrected chi connectivity index (χ2v) is 7.88. The predicted molar refractivity (Wildman–Crippen MR) is 94.7 cm³/mol. The molecule has 0 bridgehead atoms. The van der Waals surface area contributed by atoms with Crippen LogP contribution in [0.1, 0.15) is 27.0 Å². The van der Waals surface area contributed by atoms with Gasteiger partial charge in [0.1, 0.15) is 6.04 Å². The molecule has 0 aliphatic carbocycles. The van der Waals surface area contributed by atoms with Gasteiger partial charge in [0.05, 0.1) is 5.75 Å². The summed E-state index contributed by atoms with van der Waals surface area (Å²) in [5.41, 5.74) is 2.42. The van der Waals surface area contributed by atoms with Crippen molar-refractivity contribution in [2.24, 2.45) is 5.14 Å². The van der Waals surface area contributed by atoms with E-state index in [-0.39, 0.29) is 24.3 Å². The van der Waals surface area contributed by atoms with Crippen LogP contribution in [-0.2, 0) is 33.5 Å². The van der Waals surface area contributed by atoms with Gasteiger partial charge < -0.3 is 10.0 Å². The maximum Gasteiger partial charge on any atom is 0.326 e. The molecule has 7 nitrogen and oxygen atoms in total. The number of carboxylic acids is 1. The highest BCUT2D eigenvalue weighted by Gasteiger charge is 2.34. The van der Waals surface area contributed by atoms with Crippen LogP contribution in [0.5, 0.6) is 0 Å². The molecule has 0 saturated carbocycles. The monoisotopic (exact) mass is 374 g/mol. The Labute approximate surface area is 151 Å². The van der Waals surface area contributed by atoms with E-state index >= 15 is 0 Å². The lowest BCUT2D eigenvalue weighted by Crippen LogP contribution is -2.48. The molecule has 0 saturated heterocycles. The highest BCUT2D eigenvalue weighted by molar-refractivity contribution is 7.88. The number of sulfonamides is 1. The van der Waals surface area contributed by atoms with Gasteiger partial charge in [-0.05, 0) is 28.8 Å². The molecule has 1 heterocycles. The molecule has 1 aliphatic heterocycles. The largest absolute Gasteiger partial charge is 0.480 e. The van der Waals surface area contributed by atoms with E-state index in [2.05, 4.69) is 0 Å². The molecule has 0 fully saturated rings. The Kier molecular flexibility index (Phi) is 4.80. The number of nitrogens with two attached hydrogens (primary N) is 1. The minimum Gasteiger partial charge on any atom is -0.480 e. The fourth-order valence-electron chi connectivity index (χ4n) is 3.15. The summed E-state index contributed by atoms with van der Waals surface area (Å²) in [6, 6.07) is 12.5. The van der Waals surface area contributed by atoms with Gasteiger partial charge in [-0.15, -0.1) is 0 Å². The van der Waals surface area contributed by atoms with E-state index in [0.29, 0.717) is 5.56 Å². The van der Waals surface area contributed by atoms with Crippen molar-refractivity contribution in [3.63, 3.8) is 0 Å². The van der Waals surface area contributed by atoms with Crippen LogP contribution in [0, 0.1) is 0 Å². The van der Waals surface area contributed by atoms with Crippen molar-refractivity contribution in [3.8, 4) is 0 Å². The third-order valence-electron chi connectivity index (χ3n) is 4.34. The van der Waals surface area contributed by atoms with Crippen molar-refractivity contribution >= 4 is 21.9 Å². The number of rotatable bonds is 4. The summed E-state index contributed by atoms with van der Waals surface area (Å²) in [5.74, 6) is -1.92. The molecular weight excluding hydrogens is 356 g/mol. The Morgan fingerprint density at radius 3 is 2.46 bits per heavy atom. The number of carbonyl (C=O) groups excluding carboxylic acids is 1. The highest BCUT2D eigenvalue weighted by atomic mass is 32.2. The van der Waals surface area contributed by atoms with Crippen LogP contribution in [-0.4, -0.2) is 36.3 Å². The quantitative estimate of drug-likeness (QED) is 0.832. The maximum absolute atomic E-state index is 12.9. The van der Waals surface area contributed by atoms with E-state index in [1.165, 1.54) is 17.0 Å². The lowest BCUT2D eigenvalue weighted by Gasteiger charge is -2.34. The topological polar surface area (TPSA) is 118 Å². The summed E-state index contributed by atoms with van der Waals surface area (Å²) >= 11 is 0. The number of aliphatic carboxylic acids is 1. The molecule has 3 N–H and O–H groups in total. The van der Waals surface area contributed by atoms with E-state index in [9.17, 15) is 23.1 Å². The van der Waals surface area contributed by atoms with Crippen LogP contribution in [0.15, 0.2) is 48.5 Å². The minimum absolute atomic E-state index is 0.186. The number of nitrogens with zero attached hydrogens (tertiary/aromatic N) is 1. The summed E-state index contributed by atoms with van der Waals surface area (Å²) in [7, 11) is -3.73. The van der Waals surface area contributed by atoms with E-state index in [1.807, 2.05) is 24.3 Å². The van der Waals surface area contributed by atoms with Crippen LogP contribution < -0.4 is 5.14 Å². The number of carboxylic acid groups (broad SMARTS) is 1. The van der Waals surface area contributed by atoms with Gasteiger partial charge in [0.2, 0.25) is 10.0 Å². The van der Waals surface area contributed by atoms with Crippen LogP contribution in [0.2, 0.25) is 0 Å². The summed E-state index contributed by atoms with van der Waals surface area (Å²) in [6.45, 7) is 0.186. The Morgan fingerprint density at radius 1 is 1.12 bits per heavy atom. The Balaban J connectivity index is 1.93. The first-order chi connectivity index (χ1) is 12.2. The number of hydrogen-bond acceptors (Lipinski definition) is 4. The molecule has 1 unspecified atom stereocenters. The summed E-state index contributed by atoms with van der Waals surface area (Å²) < 4.78 is 22.5. The van der Waals surface area contributed by atoms with Crippen LogP contribution >= 0.6 is 0 Å². The first kappa shape index (κ1) is 18.1. The van der Waals surface area contributed by atoms with Gasteiger partial charge in [0.25, 0.3) is 5.91 Å². The standard InChI is InChI=1S/C18H18N2O5S/c19-26(24,25)11-12-4-3-7-14(8-12)17(21)20-10-15-6-2-1-5-13(15)9-16(20)18(22)23/h1-8,16H,9-11H2,(H,22,23)(H2,19,24,25). The highest BCUT2D eigenvalue weighted by Crippen LogP contribution is 2.25. The molecule has 0 spiro atoms. The first-order valence-electron chi connectivity index (χ1n) is 7.94. The smallest absolute Gasteiger partial charge is 0.326 e. The molecule has 2 aromatic carbocycles. The number of amides is 1. The summed E-state index contributed by atoms with van der Waals surface area (Å²) in [4.78, 5) is 25.9. The van der Waals surface area contributed by atoms with Gasteiger partial charge in [-0.25, -0.2) is 18.4 Å². The van der Waals surface area contributed by atoms with Gasteiger partial charge in [-0.1, -0.05) is 36.4 Å². The molecule has 136 valence electrons. The Hall–Kier alpha value is -2.71. The van der Waals surface area contributed by atoms with E-state index in [1.54, 1.807) is 12.1 Å². The van der Waals surface area contributed by atoms with E-state index in [0.717, 1.165) is 11.1 Å². The normalized spacial score (nSPS) is 16.8. The lowest BCUT2D eigenvalue weighted by molar-refractivity contribution is -0.142. The third kappa shape index (κ3) is 3.92. The molecule has 26 heavy (non-hydrogen) atoms. The molecule has 1 aliphatic rings. The van der Waals surface area contributed by atoms with Crippen molar-refractivity contribution < 1.29 is 23.1 Å². The molecule has 0 radical (unpaired) electrons. The van der Waals surface area contributed by atoms with Gasteiger partial charge in [0.15, 0.2) is 0 Å². The number of hydrogen-bond donors (Lipinski definition) is 2. The zero-order valence-electron chi connectivity index (χ0n) is 13.8. The van der Waals surface area contributed by atoms with Crippen LogP contribution in [0.3, 0.4) is 0 Å². The summed E-state index contributed by atoms with van der Waals surface area (Å²) in [5, 5.41) is 14.6. The summed E-state index contributed by atoms with van der Waals surface area (Å²) in [6.07, 6.45) is 0.230. The number of carbonyl (C=O) groups is 2.